The number of benzene rings is 1. The van der Waals surface area contributed by atoms with Crippen molar-refractivity contribution in [2.75, 3.05) is 13.1 Å². The van der Waals surface area contributed by atoms with E-state index in [4.69, 9.17) is 15.6 Å². The van der Waals surface area contributed by atoms with E-state index in [-0.39, 0.29) is 6.61 Å². The summed E-state index contributed by atoms with van der Waals surface area (Å²) in [6.07, 6.45) is -1.39. The molecule has 1 atom stereocenters. The second-order valence-corrected chi connectivity index (χ2v) is 5.32. The average Bonchev–Trinajstić information content (AvgIpc) is 2.62. The van der Waals surface area contributed by atoms with Crippen LogP contribution in [0.5, 0.6) is 0 Å². The molecule has 0 spiro atoms. The lowest BCUT2D eigenvalue weighted by atomic mass is 10.2. The van der Waals surface area contributed by atoms with Crippen LogP contribution in [0.2, 0.25) is 0 Å². The van der Waals surface area contributed by atoms with Gasteiger partial charge in [-0.25, -0.2) is 9.59 Å². The van der Waals surface area contributed by atoms with Gasteiger partial charge in [0.1, 0.15) is 19.2 Å². The van der Waals surface area contributed by atoms with Crippen LogP contribution in [-0.2, 0) is 30.5 Å². The number of alkyl carbamates (subject to hydrolysis) is 1. The third kappa shape index (κ3) is 9.43. The van der Waals surface area contributed by atoms with Gasteiger partial charge >= 0.3 is 12.1 Å². The highest BCUT2D eigenvalue weighted by molar-refractivity contribution is 5.91. The summed E-state index contributed by atoms with van der Waals surface area (Å²) in [7, 11) is 0. The van der Waals surface area contributed by atoms with Crippen LogP contribution in [0.25, 0.3) is 0 Å². The minimum absolute atomic E-state index is 0.0349. The SMILES string of the molecule is NC(=O)CC(NC(=O)CNC(=O)CNC(=O)OCc1ccccc1)C(=O)O. The normalized spacial score (nSPS) is 11.0. The molecule has 0 saturated carbocycles. The lowest BCUT2D eigenvalue weighted by Crippen LogP contribution is -2.48. The van der Waals surface area contributed by atoms with Crippen molar-refractivity contribution in [1.82, 2.24) is 16.0 Å². The van der Waals surface area contributed by atoms with E-state index in [0.717, 1.165) is 5.56 Å². The van der Waals surface area contributed by atoms with Crippen LogP contribution in [0.3, 0.4) is 0 Å². The largest absolute Gasteiger partial charge is 0.480 e. The molecule has 0 aliphatic carbocycles. The van der Waals surface area contributed by atoms with E-state index in [0.29, 0.717) is 0 Å². The number of aliphatic carboxylic acids is 1. The molecule has 0 bridgehead atoms. The van der Waals surface area contributed by atoms with Crippen molar-refractivity contribution in [3.8, 4) is 0 Å². The minimum atomic E-state index is -1.49. The van der Waals surface area contributed by atoms with E-state index in [1.54, 1.807) is 24.3 Å². The van der Waals surface area contributed by atoms with Crippen molar-refractivity contribution in [3.05, 3.63) is 35.9 Å². The smallest absolute Gasteiger partial charge is 0.407 e. The Kier molecular flexibility index (Phi) is 8.78. The molecule has 0 heterocycles. The van der Waals surface area contributed by atoms with Crippen molar-refractivity contribution in [2.24, 2.45) is 5.73 Å². The molecule has 0 aromatic heterocycles. The molecular weight excluding hydrogens is 360 g/mol. The summed E-state index contributed by atoms with van der Waals surface area (Å²) in [5.41, 5.74) is 5.66. The highest BCUT2D eigenvalue weighted by Crippen LogP contribution is 2.00. The number of ether oxygens (including phenoxy) is 1. The van der Waals surface area contributed by atoms with Gasteiger partial charge in [0.15, 0.2) is 0 Å². The Morgan fingerprint density at radius 3 is 2.22 bits per heavy atom. The number of carbonyl (C=O) groups is 5. The van der Waals surface area contributed by atoms with Gasteiger partial charge in [-0.3, -0.25) is 14.4 Å². The predicted octanol–water partition coefficient (Wildman–Crippen LogP) is -1.53. The number of rotatable bonds is 10. The van der Waals surface area contributed by atoms with Crippen LogP contribution in [0.4, 0.5) is 4.79 Å². The first-order valence-corrected chi connectivity index (χ1v) is 7.79. The number of primary amides is 1. The van der Waals surface area contributed by atoms with Gasteiger partial charge in [0.05, 0.1) is 13.0 Å². The summed E-state index contributed by atoms with van der Waals surface area (Å²) in [5, 5.41) is 15.3. The Balaban J connectivity index is 2.25. The fourth-order valence-corrected chi connectivity index (χ4v) is 1.81. The zero-order valence-corrected chi connectivity index (χ0v) is 14.3. The fourth-order valence-electron chi connectivity index (χ4n) is 1.81. The number of hydrogen-bond donors (Lipinski definition) is 5. The Morgan fingerprint density at radius 2 is 1.63 bits per heavy atom. The molecule has 1 rings (SSSR count). The maximum absolute atomic E-state index is 11.6. The molecule has 0 fully saturated rings. The Hall–Kier alpha value is -3.63. The minimum Gasteiger partial charge on any atom is -0.480 e. The monoisotopic (exact) mass is 380 g/mol. The summed E-state index contributed by atoms with van der Waals surface area (Å²) in [5.74, 6) is -3.85. The molecule has 0 radical (unpaired) electrons. The second kappa shape index (κ2) is 11.1. The zero-order valence-electron chi connectivity index (χ0n) is 14.3. The molecule has 11 heteroatoms. The van der Waals surface area contributed by atoms with Crippen LogP contribution >= 0.6 is 0 Å². The molecule has 27 heavy (non-hydrogen) atoms. The van der Waals surface area contributed by atoms with E-state index in [1.165, 1.54) is 0 Å². The highest BCUT2D eigenvalue weighted by Gasteiger charge is 2.22. The highest BCUT2D eigenvalue weighted by atomic mass is 16.5. The topological polar surface area (TPSA) is 177 Å². The molecular formula is C16H20N4O7. The molecule has 11 nitrogen and oxygen atoms in total. The van der Waals surface area contributed by atoms with Crippen molar-refractivity contribution >= 4 is 29.8 Å². The molecule has 0 aliphatic heterocycles. The van der Waals surface area contributed by atoms with Gasteiger partial charge in [0, 0.05) is 0 Å². The maximum atomic E-state index is 11.6. The van der Waals surface area contributed by atoms with Gasteiger partial charge in [-0.15, -0.1) is 0 Å². The number of nitrogens with one attached hydrogen (secondary N) is 3. The van der Waals surface area contributed by atoms with Crippen LogP contribution in [0, 0.1) is 0 Å². The average molecular weight is 380 g/mol. The Bertz CT molecular complexity index is 693. The van der Waals surface area contributed by atoms with Gasteiger partial charge in [0.25, 0.3) is 0 Å². The van der Waals surface area contributed by atoms with Gasteiger partial charge < -0.3 is 31.5 Å². The second-order valence-electron chi connectivity index (χ2n) is 5.32. The molecule has 1 aromatic carbocycles. The molecule has 4 amide bonds. The molecule has 0 aliphatic rings. The molecule has 1 unspecified atom stereocenters. The van der Waals surface area contributed by atoms with E-state index in [9.17, 15) is 24.0 Å². The van der Waals surface area contributed by atoms with E-state index >= 15 is 0 Å². The Labute approximate surface area is 154 Å². The van der Waals surface area contributed by atoms with Crippen molar-refractivity contribution in [1.29, 1.82) is 0 Å². The first kappa shape index (κ1) is 21.4. The third-order valence-electron chi connectivity index (χ3n) is 3.09. The number of carboxylic acid groups (broad SMARTS) is 1. The van der Waals surface area contributed by atoms with E-state index < -0.39 is 55.3 Å². The van der Waals surface area contributed by atoms with Crippen molar-refractivity contribution in [3.63, 3.8) is 0 Å². The standard InChI is InChI=1S/C16H20N4O7/c17-12(21)6-11(15(24)25)20-14(23)8-18-13(22)7-19-16(26)27-9-10-4-2-1-3-5-10/h1-5,11H,6-9H2,(H2,17,21)(H,18,22)(H,19,26)(H,20,23)(H,24,25). The summed E-state index contributed by atoms with van der Waals surface area (Å²) in [6.45, 7) is -0.945. The fraction of sp³-hybridized carbons (Fsp3) is 0.312. The van der Waals surface area contributed by atoms with Gasteiger partial charge in [-0.05, 0) is 5.56 Å². The molecule has 6 N–H and O–H groups in total. The van der Waals surface area contributed by atoms with Gasteiger partial charge in [-0.2, -0.15) is 0 Å². The Morgan fingerprint density at radius 1 is 1.00 bits per heavy atom. The first-order chi connectivity index (χ1) is 12.8. The first-order valence-electron chi connectivity index (χ1n) is 7.79. The van der Waals surface area contributed by atoms with Crippen LogP contribution in [0.15, 0.2) is 30.3 Å². The maximum Gasteiger partial charge on any atom is 0.407 e. The van der Waals surface area contributed by atoms with Crippen LogP contribution in [0.1, 0.15) is 12.0 Å². The van der Waals surface area contributed by atoms with Crippen molar-refractivity contribution < 1.29 is 33.8 Å². The summed E-state index contributed by atoms with van der Waals surface area (Å²) < 4.78 is 4.90. The molecule has 1 aromatic rings. The predicted molar refractivity (Wildman–Crippen MR) is 91.0 cm³/mol. The summed E-state index contributed by atoms with van der Waals surface area (Å²) >= 11 is 0. The number of nitrogens with two attached hydrogens (primary N) is 1. The van der Waals surface area contributed by atoms with E-state index in [2.05, 4.69) is 10.6 Å². The third-order valence-corrected chi connectivity index (χ3v) is 3.09. The number of carbonyl (C=O) groups excluding carboxylic acids is 4. The molecule has 146 valence electrons. The zero-order chi connectivity index (χ0) is 20.2. The number of carboxylic acids is 1. The summed E-state index contributed by atoms with van der Waals surface area (Å²) in [4.78, 5) is 56.3. The van der Waals surface area contributed by atoms with Crippen LogP contribution < -0.4 is 21.7 Å². The van der Waals surface area contributed by atoms with Gasteiger partial charge in [-0.1, -0.05) is 30.3 Å². The quantitative estimate of drug-likeness (QED) is 0.327. The van der Waals surface area contributed by atoms with Crippen LogP contribution in [-0.4, -0.2) is 54.0 Å². The summed E-state index contributed by atoms with van der Waals surface area (Å²) in [6, 6.07) is 7.43. The lowest BCUT2D eigenvalue weighted by Gasteiger charge is -2.13. The lowest BCUT2D eigenvalue weighted by molar-refractivity contribution is -0.143. The molecule has 0 saturated heterocycles. The number of amides is 4. The van der Waals surface area contributed by atoms with Crippen molar-refractivity contribution in [2.45, 2.75) is 19.1 Å². The van der Waals surface area contributed by atoms with Gasteiger partial charge in [0.2, 0.25) is 17.7 Å². The number of hydrogen-bond acceptors (Lipinski definition) is 6. The van der Waals surface area contributed by atoms with E-state index in [1.807, 2.05) is 11.4 Å².